The monoisotopic (exact) mass is 262 g/mol. The number of rotatable bonds is 4. The number of hydrogen-bond acceptors (Lipinski definition) is 3. The SMILES string of the molecule is C[C@@H](NC(=O)[C@H]1[C@@H](C(=O)O)C1(C)C)c1ccccn1. The van der Waals surface area contributed by atoms with Crippen molar-refractivity contribution in [2.45, 2.75) is 26.8 Å². The fourth-order valence-electron chi connectivity index (χ4n) is 2.60. The van der Waals surface area contributed by atoms with E-state index in [0.717, 1.165) is 5.69 Å². The number of nitrogens with one attached hydrogen (secondary N) is 1. The van der Waals surface area contributed by atoms with Gasteiger partial charge in [-0.2, -0.15) is 0 Å². The van der Waals surface area contributed by atoms with Crippen molar-refractivity contribution in [2.75, 3.05) is 0 Å². The summed E-state index contributed by atoms with van der Waals surface area (Å²) >= 11 is 0. The summed E-state index contributed by atoms with van der Waals surface area (Å²) in [6.45, 7) is 5.45. The number of carbonyl (C=O) groups excluding carboxylic acids is 1. The molecule has 0 spiro atoms. The lowest BCUT2D eigenvalue weighted by atomic mass is 10.1. The van der Waals surface area contributed by atoms with Crippen molar-refractivity contribution >= 4 is 11.9 Å². The minimum Gasteiger partial charge on any atom is -0.481 e. The van der Waals surface area contributed by atoms with Crippen LogP contribution in [0.3, 0.4) is 0 Å². The van der Waals surface area contributed by atoms with E-state index in [9.17, 15) is 9.59 Å². The first-order chi connectivity index (χ1) is 8.85. The van der Waals surface area contributed by atoms with Crippen molar-refractivity contribution < 1.29 is 14.7 Å². The Morgan fingerprint density at radius 1 is 1.37 bits per heavy atom. The molecule has 0 aromatic carbocycles. The van der Waals surface area contributed by atoms with Crippen LogP contribution in [-0.2, 0) is 9.59 Å². The van der Waals surface area contributed by atoms with Gasteiger partial charge in [0.1, 0.15) is 0 Å². The molecule has 0 unspecified atom stereocenters. The van der Waals surface area contributed by atoms with E-state index in [1.165, 1.54) is 0 Å². The summed E-state index contributed by atoms with van der Waals surface area (Å²) in [6.07, 6.45) is 1.67. The second-order valence-electron chi connectivity index (χ2n) is 5.60. The van der Waals surface area contributed by atoms with Gasteiger partial charge in [0.25, 0.3) is 0 Å². The second-order valence-corrected chi connectivity index (χ2v) is 5.60. The lowest BCUT2D eigenvalue weighted by Gasteiger charge is -2.13. The highest BCUT2D eigenvalue weighted by Gasteiger charge is 2.65. The molecule has 1 fully saturated rings. The molecule has 0 saturated heterocycles. The van der Waals surface area contributed by atoms with Crippen LogP contribution in [0.2, 0.25) is 0 Å². The maximum atomic E-state index is 12.1. The van der Waals surface area contributed by atoms with Gasteiger partial charge in [0, 0.05) is 6.20 Å². The fourth-order valence-corrected chi connectivity index (χ4v) is 2.60. The normalized spacial score (nSPS) is 25.4. The zero-order valence-electron chi connectivity index (χ0n) is 11.3. The zero-order valence-corrected chi connectivity index (χ0v) is 11.3. The van der Waals surface area contributed by atoms with Gasteiger partial charge in [-0.05, 0) is 24.5 Å². The molecule has 1 amide bonds. The highest BCUT2D eigenvalue weighted by molar-refractivity contribution is 5.91. The summed E-state index contributed by atoms with van der Waals surface area (Å²) in [5.74, 6) is -2.18. The molecule has 0 aliphatic heterocycles. The van der Waals surface area contributed by atoms with Crippen molar-refractivity contribution in [2.24, 2.45) is 17.3 Å². The number of hydrogen-bond donors (Lipinski definition) is 2. The maximum absolute atomic E-state index is 12.1. The molecule has 1 aromatic rings. The molecule has 5 heteroatoms. The van der Waals surface area contributed by atoms with Gasteiger partial charge in [-0.15, -0.1) is 0 Å². The molecular formula is C14H18N2O3. The van der Waals surface area contributed by atoms with Crippen molar-refractivity contribution in [1.82, 2.24) is 10.3 Å². The van der Waals surface area contributed by atoms with Crippen molar-refractivity contribution in [1.29, 1.82) is 0 Å². The van der Waals surface area contributed by atoms with E-state index in [0.29, 0.717) is 0 Å². The van der Waals surface area contributed by atoms with Crippen LogP contribution in [0.4, 0.5) is 0 Å². The smallest absolute Gasteiger partial charge is 0.307 e. The molecule has 1 aliphatic rings. The molecule has 19 heavy (non-hydrogen) atoms. The molecular weight excluding hydrogens is 244 g/mol. The molecule has 1 saturated carbocycles. The molecule has 1 heterocycles. The minimum absolute atomic E-state index is 0.212. The van der Waals surface area contributed by atoms with Crippen LogP contribution >= 0.6 is 0 Å². The lowest BCUT2D eigenvalue weighted by Crippen LogP contribution is -2.30. The van der Waals surface area contributed by atoms with Gasteiger partial charge in [0.05, 0.1) is 23.6 Å². The van der Waals surface area contributed by atoms with Crippen molar-refractivity contribution in [3.8, 4) is 0 Å². The van der Waals surface area contributed by atoms with Crippen LogP contribution in [-0.4, -0.2) is 22.0 Å². The van der Waals surface area contributed by atoms with Crippen LogP contribution in [0.25, 0.3) is 0 Å². The number of amides is 1. The average Bonchev–Trinajstić information content (AvgIpc) is 2.93. The third kappa shape index (κ3) is 2.45. The number of carboxylic acid groups (broad SMARTS) is 1. The molecule has 1 aliphatic carbocycles. The average molecular weight is 262 g/mol. The predicted octanol–water partition coefficient (Wildman–Crippen LogP) is 1.62. The molecule has 3 atom stereocenters. The molecule has 1 aromatic heterocycles. The van der Waals surface area contributed by atoms with Crippen LogP contribution in [0.1, 0.15) is 32.5 Å². The van der Waals surface area contributed by atoms with Crippen LogP contribution in [0, 0.1) is 17.3 Å². The van der Waals surface area contributed by atoms with E-state index in [1.54, 1.807) is 6.20 Å². The first kappa shape index (κ1) is 13.5. The highest BCUT2D eigenvalue weighted by atomic mass is 16.4. The Bertz CT molecular complexity index is 499. The maximum Gasteiger partial charge on any atom is 0.307 e. The number of nitrogens with zero attached hydrogens (tertiary/aromatic N) is 1. The Hall–Kier alpha value is -1.91. The molecule has 2 rings (SSSR count). The van der Waals surface area contributed by atoms with Gasteiger partial charge < -0.3 is 10.4 Å². The Kier molecular flexibility index (Phi) is 3.30. The van der Waals surface area contributed by atoms with Gasteiger partial charge in [0.15, 0.2) is 0 Å². The third-order valence-corrected chi connectivity index (χ3v) is 3.87. The largest absolute Gasteiger partial charge is 0.481 e. The van der Waals surface area contributed by atoms with E-state index >= 15 is 0 Å². The van der Waals surface area contributed by atoms with Gasteiger partial charge in [0.2, 0.25) is 5.91 Å². The number of pyridine rings is 1. The molecule has 2 N–H and O–H groups in total. The van der Waals surface area contributed by atoms with E-state index in [1.807, 2.05) is 39.0 Å². The quantitative estimate of drug-likeness (QED) is 0.864. The van der Waals surface area contributed by atoms with Gasteiger partial charge in [-0.25, -0.2) is 0 Å². The van der Waals surface area contributed by atoms with E-state index in [-0.39, 0.29) is 11.9 Å². The van der Waals surface area contributed by atoms with Crippen molar-refractivity contribution in [3.05, 3.63) is 30.1 Å². The highest BCUT2D eigenvalue weighted by Crippen LogP contribution is 2.58. The summed E-state index contributed by atoms with van der Waals surface area (Å²) in [7, 11) is 0. The van der Waals surface area contributed by atoms with E-state index < -0.39 is 23.2 Å². The number of aliphatic carboxylic acids is 1. The standard InChI is InChI=1S/C14H18N2O3/c1-8(9-6-4-5-7-15-9)16-12(17)10-11(13(18)19)14(10,2)3/h4-8,10-11H,1-3H3,(H,16,17)(H,18,19)/t8-,10-,11+/m1/s1. The Morgan fingerprint density at radius 2 is 2.05 bits per heavy atom. The van der Waals surface area contributed by atoms with Crippen LogP contribution < -0.4 is 5.32 Å². The summed E-state index contributed by atoms with van der Waals surface area (Å²) in [4.78, 5) is 27.3. The lowest BCUT2D eigenvalue weighted by molar-refractivity contribution is -0.140. The molecule has 102 valence electrons. The second kappa shape index (κ2) is 4.64. The Morgan fingerprint density at radius 3 is 2.53 bits per heavy atom. The number of carboxylic acids is 1. The van der Waals surface area contributed by atoms with Gasteiger partial charge >= 0.3 is 5.97 Å². The third-order valence-electron chi connectivity index (χ3n) is 3.87. The van der Waals surface area contributed by atoms with E-state index in [2.05, 4.69) is 10.3 Å². The van der Waals surface area contributed by atoms with Crippen molar-refractivity contribution in [3.63, 3.8) is 0 Å². The number of aromatic nitrogens is 1. The summed E-state index contributed by atoms with van der Waals surface area (Å²) in [5, 5.41) is 11.9. The topological polar surface area (TPSA) is 79.3 Å². The first-order valence-electron chi connectivity index (χ1n) is 6.30. The molecule has 0 bridgehead atoms. The summed E-state index contributed by atoms with van der Waals surface area (Å²) in [5.41, 5.74) is 0.293. The summed E-state index contributed by atoms with van der Waals surface area (Å²) in [6, 6.07) is 5.27. The Balaban J connectivity index is 2.02. The first-order valence-corrected chi connectivity index (χ1v) is 6.30. The zero-order chi connectivity index (χ0) is 14.2. The van der Waals surface area contributed by atoms with Gasteiger partial charge in [-0.3, -0.25) is 14.6 Å². The minimum atomic E-state index is -0.907. The molecule has 5 nitrogen and oxygen atoms in total. The fraction of sp³-hybridized carbons (Fsp3) is 0.500. The molecule has 0 radical (unpaired) electrons. The van der Waals surface area contributed by atoms with Crippen LogP contribution in [0.5, 0.6) is 0 Å². The van der Waals surface area contributed by atoms with Crippen LogP contribution in [0.15, 0.2) is 24.4 Å². The van der Waals surface area contributed by atoms with Gasteiger partial charge in [-0.1, -0.05) is 19.9 Å². The predicted molar refractivity (Wildman–Crippen MR) is 69.2 cm³/mol. The Labute approximate surface area is 112 Å². The van der Waals surface area contributed by atoms with E-state index in [4.69, 9.17) is 5.11 Å². The summed E-state index contributed by atoms with van der Waals surface area (Å²) < 4.78 is 0. The number of carbonyl (C=O) groups is 2.